The summed E-state index contributed by atoms with van der Waals surface area (Å²) in [5.41, 5.74) is 0. The SMILES string of the molecule is CN[C@@H](C)CN1CC(OC)C1. The van der Waals surface area contributed by atoms with Crippen LogP contribution in [-0.2, 0) is 4.74 Å². The normalized spacial score (nSPS) is 23.2. The Kier molecular flexibility index (Phi) is 3.30. The third-order valence-corrected chi connectivity index (χ3v) is 2.28. The van der Waals surface area contributed by atoms with E-state index in [1.165, 1.54) is 0 Å². The van der Waals surface area contributed by atoms with Crippen LogP contribution >= 0.6 is 0 Å². The summed E-state index contributed by atoms with van der Waals surface area (Å²) in [6, 6.07) is 0.591. The molecule has 0 spiro atoms. The summed E-state index contributed by atoms with van der Waals surface area (Å²) >= 11 is 0. The van der Waals surface area contributed by atoms with Gasteiger partial charge < -0.3 is 10.1 Å². The standard InChI is InChI=1S/C8H18N2O/c1-7(9-2)4-10-5-8(6-10)11-3/h7-9H,4-6H2,1-3H3/t7-/m0/s1. The second-order valence-corrected chi connectivity index (χ2v) is 3.27. The molecule has 66 valence electrons. The maximum absolute atomic E-state index is 5.17. The Morgan fingerprint density at radius 1 is 1.64 bits per heavy atom. The van der Waals surface area contributed by atoms with E-state index < -0.39 is 0 Å². The monoisotopic (exact) mass is 158 g/mol. The van der Waals surface area contributed by atoms with Crippen molar-refractivity contribution in [2.45, 2.75) is 19.1 Å². The van der Waals surface area contributed by atoms with E-state index in [9.17, 15) is 0 Å². The van der Waals surface area contributed by atoms with Crippen LogP contribution in [0.3, 0.4) is 0 Å². The quantitative estimate of drug-likeness (QED) is 0.619. The maximum Gasteiger partial charge on any atom is 0.0824 e. The van der Waals surface area contributed by atoms with E-state index in [1.807, 2.05) is 7.05 Å². The highest BCUT2D eigenvalue weighted by molar-refractivity contribution is 4.82. The molecule has 1 aliphatic heterocycles. The summed E-state index contributed by atoms with van der Waals surface area (Å²) < 4.78 is 5.17. The highest BCUT2D eigenvalue weighted by Gasteiger charge is 2.26. The number of likely N-dealkylation sites (N-methyl/N-ethyl adjacent to an activating group) is 1. The Balaban J connectivity index is 2.04. The van der Waals surface area contributed by atoms with Crippen molar-refractivity contribution in [3.8, 4) is 0 Å². The van der Waals surface area contributed by atoms with Gasteiger partial charge in [0.2, 0.25) is 0 Å². The Bertz CT molecular complexity index is 113. The third-order valence-electron chi connectivity index (χ3n) is 2.28. The molecular weight excluding hydrogens is 140 g/mol. The second kappa shape index (κ2) is 4.04. The zero-order chi connectivity index (χ0) is 8.27. The first kappa shape index (κ1) is 8.97. The summed E-state index contributed by atoms with van der Waals surface area (Å²) in [5, 5.41) is 3.21. The van der Waals surface area contributed by atoms with Gasteiger partial charge in [0.15, 0.2) is 0 Å². The first-order valence-corrected chi connectivity index (χ1v) is 4.18. The molecule has 1 heterocycles. The first-order valence-electron chi connectivity index (χ1n) is 4.18. The molecule has 3 nitrogen and oxygen atoms in total. The summed E-state index contributed by atoms with van der Waals surface area (Å²) in [7, 11) is 3.78. The zero-order valence-electron chi connectivity index (χ0n) is 7.63. The van der Waals surface area contributed by atoms with Crippen molar-refractivity contribution >= 4 is 0 Å². The highest BCUT2D eigenvalue weighted by atomic mass is 16.5. The lowest BCUT2D eigenvalue weighted by molar-refractivity contribution is -0.0318. The molecule has 0 bridgehead atoms. The van der Waals surface area contributed by atoms with Crippen molar-refractivity contribution in [3.63, 3.8) is 0 Å². The molecule has 11 heavy (non-hydrogen) atoms. The molecule has 1 saturated heterocycles. The molecule has 3 heteroatoms. The lowest BCUT2D eigenvalue weighted by Crippen LogP contribution is -2.55. The van der Waals surface area contributed by atoms with E-state index in [0.717, 1.165) is 19.6 Å². The predicted molar refractivity (Wildman–Crippen MR) is 45.8 cm³/mol. The smallest absolute Gasteiger partial charge is 0.0824 e. The van der Waals surface area contributed by atoms with Crippen LogP contribution in [0.5, 0.6) is 0 Å². The van der Waals surface area contributed by atoms with Gasteiger partial charge in [0.05, 0.1) is 6.10 Å². The molecule has 0 radical (unpaired) electrons. The van der Waals surface area contributed by atoms with Gasteiger partial charge in [-0.15, -0.1) is 0 Å². The largest absolute Gasteiger partial charge is 0.379 e. The molecular formula is C8H18N2O. The Morgan fingerprint density at radius 2 is 2.27 bits per heavy atom. The van der Waals surface area contributed by atoms with Crippen molar-refractivity contribution in [2.75, 3.05) is 33.8 Å². The number of rotatable bonds is 4. The highest BCUT2D eigenvalue weighted by Crippen LogP contribution is 2.10. The molecule has 1 rings (SSSR count). The first-order chi connectivity index (χ1) is 5.26. The van der Waals surface area contributed by atoms with Gasteiger partial charge in [0.25, 0.3) is 0 Å². The van der Waals surface area contributed by atoms with E-state index in [2.05, 4.69) is 17.1 Å². The molecule has 0 aliphatic carbocycles. The van der Waals surface area contributed by atoms with Crippen LogP contribution in [0.4, 0.5) is 0 Å². The van der Waals surface area contributed by atoms with Crippen LogP contribution < -0.4 is 5.32 Å². The molecule has 0 aromatic rings. The van der Waals surface area contributed by atoms with Gasteiger partial charge in [-0.1, -0.05) is 0 Å². The summed E-state index contributed by atoms with van der Waals surface area (Å²) in [6.07, 6.45) is 0.485. The fourth-order valence-electron chi connectivity index (χ4n) is 1.30. The van der Waals surface area contributed by atoms with Gasteiger partial charge in [-0.05, 0) is 14.0 Å². The van der Waals surface area contributed by atoms with Crippen molar-refractivity contribution < 1.29 is 4.74 Å². The van der Waals surface area contributed by atoms with Gasteiger partial charge in [0, 0.05) is 32.8 Å². The lowest BCUT2D eigenvalue weighted by atomic mass is 10.1. The zero-order valence-corrected chi connectivity index (χ0v) is 7.63. The van der Waals surface area contributed by atoms with Crippen molar-refractivity contribution in [2.24, 2.45) is 0 Å². The van der Waals surface area contributed by atoms with Crippen LogP contribution in [0.25, 0.3) is 0 Å². The molecule has 1 aliphatic rings. The minimum absolute atomic E-state index is 0.485. The fraction of sp³-hybridized carbons (Fsp3) is 1.00. The third kappa shape index (κ3) is 2.43. The fourth-order valence-corrected chi connectivity index (χ4v) is 1.30. The molecule has 1 N–H and O–H groups in total. The molecule has 0 amide bonds. The van der Waals surface area contributed by atoms with Gasteiger partial charge >= 0.3 is 0 Å². The number of ether oxygens (including phenoxy) is 1. The van der Waals surface area contributed by atoms with Crippen LogP contribution in [0.1, 0.15) is 6.92 Å². The van der Waals surface area contributed by atoms with Gasteiger partial charge in [-0.2, -0.15) is 0 Å². The molecule has 1 fully saturated rings. The number of nitrogens with one attached hydrogen (secondary N) is 1. The number of likely N-dealkylation sites (tertiary alicyclic amines) is 1. The molecule has 0 saturated carbocycles. The van der Waals surface area contributed by atoms with E-state index in [4.69, 9.17) is 4.74 Å². The van der Waals surface area contributed by atoms with Crippen LogP contribution in [0.2, 0.25) is 0 Å². The molecule has 1 atom stereocenters. The van der Waals surface area contributed by atoms with Gasteiger partial charge in [0.1, 0.15) is 0 Å². The minimum atomic E-state index is 0.485. The summed E-state index contributed by atoms with van der Waals surface area (Å²) in [4.78, 5) is 2.40. The number of hydrogen-bond acceptors (Lipinski definition) is 3. The second-order valence-electron chi connectivity index (χ2n) is 3.27. The lowest BCUT2D eigenvalue weighted by Gasteiger charge is -2.39. The average molecular weight is 158 g/mol. The topological polar surface area (TPSA) is 24.5 Å². The average Bonchev–Trinajstić information content (AvgIpc) is 1.95. The van der Waals surface area contributed by atoms with E-state index in [0.29, 0.717) is 12.1 Å². The van der Waals surface area contributed by atoms with Crippen LogP contribution in [0.15, 0.2) is 0 Å². The van der Waals surface area contributed by atoms with E-state index in [-0.39, 0.29) is 0 Å². The molecule has 0 aromatic carbocycles. The van der Waals surface area contributed by atoms with Crippen molar-refractivity contribution in [1.82, 2.24) is 10.2 Å². The van der Waals surface area contributed by atoms with Crippen molar-refractivity contribution in [3.05, 3.63) is 0 Å². The molecule has 0 aromatic heterocycles. The Morgan fingerprint density at radius 3 is 2.73 bits per heavy atom. The summed E-state index contributed by atoms with van der Waals surface area (Å²) in [6.45, 7) is 5.53. The van der Waals surface area contributed by atoms with Gasteiger partial charge in [-0.3, -0.25) is 4.90 Å². The van der Waals surface area contributed by atoms with E-state index in [1.54, 1.807) is 7.11 Å². The van der Waals surface area contributed by atoms with Crippen molar-refractivity contribution in [1.29, 1.82) is 0 Å². The van der Waals surface area contributed by atoms with Crippen LogP contribution in [0, 0.1) is 0 Å². The minimum Gasteiger partial charge on any atom is -0.379 e. The van der Waals surface area contributed by atoms with Gasteiger partial charge in [-0.25, -0.2) is 0 Å². The maximum atomic E-state index is 5.17. The Hall–Kier alpha value is -0.120. The number of nitrogens with zero attached hydrogens (tertiary/aromatic N) is 1. The Labute approximate surface area is 68.7 Å². The number of hydrogen-bond donors (Lipinski definition) is 1. The molecule has 0 unspecified atom stereocenters. The van der Waals surface area contributed by atoms with Crippen LogP contribution in [-0.4, -0.2) is 50.8 Å². The summed E-state index contributed by atoms with van der Waals surface area (Å²) in [5.74, 6) is 0. The predicted octanol–water partition coefficient (Wildman–Crippen LogP) is -0.0751. The van der Waals surface area contributed by atoms with E-state index >= 15 is 0 Å². The number of methoxy groups -OCH3 is 1.